The van der Waals surface area contributed by atoms with Crippen LogP contribution in [-0.4, -0.2) is 0 Å². The van der Waals surface area contributed by atoms with Crippen molar-refractivity contribution in [2.45, 2.75) is 0 Å². The van der Waals surface area contributed by atoms with E-state index in [2.05, 4.69) is 175 Å². The number of fused-ring (bicyclic) bond motifs is 6. The van der Waals surface area contributed by atoms with Crippen molar-refractivity contribution in [3.63, 3.8) is 0 Å². The Kier molecular flexibility index (Phi) is 6.81. The summed E-state index contributed by atoms with van der Waals surface area (Å²) in [7, 11) is 0. The van der Waals surface area contributed by atoms with Gasteiger partial charge in [-0.05, 0) is 70.3 Å². The van der Waals surface area contributed by atoms with Crippen LogP contribution in [0.3, 0.4) is 0 Å². The van der Waals surface area contributed by atoms with Gasteiger partial charge in [-0.2, -0.15) is 0 Å². The van der Waals surface area contributed by atoms with Gasteiger partial charge in [0.25, 0.3) is 0 Å². The van der Waals surface area contributed by atoms with Gasteiger partial charge in [0.1, 0.15) is 11.2 Å². The summed E-state index contributed by atoms with van der Waals surface area (Å²) >= 11 is 0. The van der Waals surface area contributed by atoms with Crippen LogP contribution in [0.2, 0.25) is 0 Å². The van der Waals surface area contributed by atoms with Crippen LogP contribution in [0.25, 0.3) is 77.3 Å². The lowest BCUT2D eigenvalue weighted by molar-refractivity contribution is 0.666. The fraction of sp³-hybridized carbons (Fsp3) is 0. The number of hydrogen-bond donors (Lipinski definition) is 0. The molecule has 51 heavy (non-hydrogen) atoms. The Morgan fingerprint density at radius 3 is 1.43 bits per heavy atom. The normalized spacial score (nSPS) is 11.5. The highest BCUT2D eigenvalue weighted by atomic mass is 16.3. The molecule has 10 rings (SSSR count). The average molecular weight is 654 g/mol. The third-order valence-corrected chi connectivity index (χ3v) is 9.84. The molecule has 0 bridgehead atoms. The van der Waals surface area contributed by atoms with Crippen LogP contribution in [0.4, 0.5) is 17.1 Å². The number of hydrogen-bond acceptors (Lipinski definition) is 3. The van der Waals surface area contributed by atoms with Gasteiger partial charge in [-0.1, -0.05) is 146 Å². The molecule has 0 amide bonds. The second-order valence-corrected chi connectivity index (χ2v) is 12.9. The number of furan rings is 2. The van der Waals surface area contributed by atoms with Crippen molar-refractivity contribution in [2.75, 3.05) is 4.90 Å². The molecule has 2 aromatic heterocycles. The van der Waals surface area contributed by atoms with Gasteiger partial charge in [0, 0.05) is 32.8 Å². The Hall–Kier alpha value is -6.84. The van der Waals surface area contributed by atoms with Crippen LogP contribution in [0.15, 0.2) is 197 Å². The molecule has 0 saturated carbocycles. The fourth-order valence-corrected chi connectivity index (χ4v) is 7.48. The fourth-order valence-electron chi connectivity index (χ4n) is 7.48. The Labute approximate surface area is 295 Å². The zero-order valence-electron chi connectivity index (χ0n) is 27.7. The highest BCUT2D eigenvalue weighted by molar-refractivity contribution is 6.16. The molecule has 10 aromatic rings. The Bertz CT molecular complexity index is 2790. The topological polar surface area (TPSA) is 29.5 Å². The van der Waals surface area contributed by atoms with E-state index in [1.165, 1.54) is 0 Å². The number of anilines is 3. The summed E-state index contributed by atoms with van der Waals surface area (Å²) in [5.41, 5.74) is 12.9. The van der Waals surface area contributed by atoms with Crippen LogP contribution >= 0.6 is 0 Å². The van der Waals surface area contributed by atoms with Gasteiger partial charge >= 0.3 is 0 Å². The molecule has 0 fully saturated rings. The molecular formula is C48H31NO2. The van der Waals surface area contributed by atoms with E-state index in [0.29, 0.717) is 0 Å². The molecule has 0 aliphatic carbocycles. The molecule has 0 aliphatic heterocycles. The maximum Gasteiger partial charge on any atom is 0.160 e. The van der Waals surface area contributed by atoms with Gasteiger partial charge in [-0.3, -0.25) is 0 Å². The molecule has 0 atom stereocenters. The minimum atomic E-state index is 0.817. The Morgan fingerprint density at radius 1 is 0.333 bits per heavy atom. The van der Waals surface area contributed by atoms with E-state index in [-0.39, 0.29) is 0 Å². The predicted molar refractivity (Wildman–Crippen MR) is 212 cm³/mol. The predicted octanol–water partition coefficient (Wildman–Crippen LogP) is 14.0. The van der Waals surface area contributed by atoms with Crippen LogP contribution in [0.1, 0.15) is 0 Å². The molecule has 0 aliphatic rings. The standard InChI is InChI=1S/C48H31NO2/c1-4-15-32(16-5-1)35-29-36(33-17-6-2-7-18-33)31-37(30-35)49(43-24-14-23-41-39-21-10-12-25-44(39)50-47(41)43)46-38(34-19-8-3-9-20-34)27-28-42-40-22-11-13-26-45(40)51-48(42)46/h1-31H. The summed E-state index contributed by atoms with van der Waals surface area (Å²) < 4.78 is 13.7. The molecular weight excluding hydrogens is 623 g/mol. The van der Waals surface area contributed by atoms with Crippen LogP contribution in [0, 0.1) is 0 Å². The van der Waals surface area contributed by atoms with E-state index >= 15 is 0 Å². The van der Waals surface area contributed by atoms with E-state index in [1.807, 2.05) is 18.2 Å². The van der Waals surface area contributed by atoms with Gasteiger partial charge in [-0.15, -0.1) is 0 Å². The molecule has 0 unspecified atom stereocenters. The van der Waals surface area contributed by atoms with Crippen LogP contribution < -0.4 is 4.90 Å². The molecule has 0 N–H and O–H groups in total. The summed E-state index contributed by atoms with van der Waals surface area (Å²) in [4.78, 5) is 2.36. The van der Waals surface area contributed by atoms with Gasteiger partial charge in [0.2, 0.25) is 0 Å². The van der Waals surface area contributed by atoms with Crippen LogP contribution in [-0.2, 0) is 0 Å². The lowest BCUT2D eigenvalue weighted by atomic mass is 9.95. The molecule has 240 valence electrons. The minimum Gasteiger partial charge on any atom is -0.454 e. The number of rotatable bonds is 6. The quantitative estimate of drug-likeness (QED) is 0.179. The summed E-state index contributed by atoms with van der Waals surface area (Å²) in [5, 5.41) is 4.29. The van der Waals surface area contributed by atoms with Crippen LogP contribution in [0.5, 0.6) is 0 Å². The van der Waals surface area contributed by atoms with Crippen molar-refractivity contribution in [2.24, 2.45) is 0 Å². The molecule has 8 aromatic carbocycles. The zero-order valence-corrected chi connectivity index (χ0v) is 27.7. The van der Waals surface area contributed by atoms with Gasteiger partial charge in [-0.25, -0.2) is 0 Å². The highest BCUT2D eigenvalue weighted by Gasteiger charge is 2.27. The van der Waals surface area contributed by atoms with E-state index in [9.17, 15) is 0 Å². The number of para-hydroxylation sites is 3. The van der Waals surface area contributed by atoms with Crippen molar-refractivity contribution in [3.8, 4) is 33.4 Å². The van der Waals surface area contributed by atoms with Gasteiger partial charge in [0.05, 0.1) is 11.4 Å². The first kappa shape index (κ1) is 29.1. The van der Waals surface area contributed by atoms with Crippen molar-refractivity contribution in [1.82, 2.24) is 0 Å². The lowest BCUT2D eigenvalue weighted by Gasteiger charge is -2.29. The molecule has 0 saturated heterocycles. The largest absolute Gasteiger partial charge is 0.454 e. The first-order valence-corrected chi connectivity index (χ1v) is 17.3. The molecule has 0 spiro atoms. The summed E-state index contributed by atoms with van der Waals surface area (Å²) in [5.74, 6) is 0. The Balaban J connectivity index is 1.37. The lowest BCUT2D eigenvalue weighted by Crippen LogP contribution is -2.12. The maximum atomic E-state index is 6.90. The van der Waals surface area contributed by atoms with Crippen molar-refractivity contribution < 1.29 is 8.83 Å². The maximum absolute atomic E-state index is 6.90. The van der Waals surface area contributed by atoms with E-state index in [1.54, 1.807) is 0 Å². The minimum absolute atomic E-state index is 0.817. The van der Waals surface area contributed by atoms with E-state index in [4.69, 9.17) is 8.83 Å². The molecule has 2 heterocycles. The smallest absolute Gasteiger partial charge is 0.160 e. The summed E-state index contributed by atoms with van der Waals surface area (Å²) in [6, 6.07) is 66.1. The summed E-state index contributed by atoms with van der Waals surface area (Å²) in [6.07, 6.45) is 0. The number of nitrogens with zero attached hydrogens (tertiary/aromatic N) is 1. The highest BCUT2D eigenvalue weighted by Crippen LogP contribution is 2.50. The first-order valence-electron chi connectivity index (χ1n) is 17.3. The Morgan fingerprint density at radius 2 is 0.824 bits per heavy atom. The van der Waals surface area contributed by atoms with Gasteiger partial charge in [0.15, 0.2) is 11.2 Å². The molecule has 3 nitrogen and oxygen atoms in total. The second kappa shape index (κ2) is 11.9. The third kappa shape index (κ3) is 4.90. The molecule has 3 heteroatoms. The van der Waals surface area contributed by atoms with E-state index < -0.39 is 0 Å². The van der Waals surface area contributed by atoms with E-state index in [0.717, 1.165) is 94.3 Å². The third-order valence-electron chi connectivity index (χ3n) is 9.84. The van der Waals surface area contributed by atoms with Gasteiger partial charge < -0.3 is 13.7 Å². The second-order valence-electron chi connectivity index (χ2n) is 12.9. The summed E-state index contributed by atoms with van der Waals surface area (Å²) in [6.45, 7) is 0. The van der Waals surface area contributed by atoms with Crippen molar-refractivity contribution in [1.29, 1.82) is 0 Å². The van der Waals surface area contributed by atoms with Crippen molar-refractivity contribution >= 4 is 60.9 Å². The zero-order chi connectivity index (χ0) is 33.7. The monoisotopic (exact) mass is 653 g/mol. The number of benzene rings is 8. The van der Waals surface area contributed by atoms with Crippen molar-refractivity contribution in [3.05, 3.63) is 188 Å². The average Bonchev–Trinajstić information content (AvgIpc) is 3.78. The SMILES string of the molecule is c1ccc(-c2cc(-c3ccccc3)cc(N(c3cccc4c3oc3ccccc34)c3c(-c4ccccc4)ccc4c3oc3ccccc34)c2)cc1. The first-order chi connectivity index (χ1) is 25.3. The molecule has 0 radical (unpaired) electrons.